The van der Waals surface area contributed by atoms with Gasteiger partial charge >= 0.3 is 0 Å². The molecule has 0 spiro atoms. The number of benzene rings is 1. The molecule has 0 unspecified atom stereocenters. The molecular formula is C20H24N2O5S2. The van der Waals surface area contributed by atoms with E-state index in [0.29, 0.717) is 37.7 Å². The van der Waals surface area contributed by atoms with Gasteiger partial charge in [-0.2, -0.15) is 4.31 Å². The van der Waals surface area contributed by atoms with Crippen LogP contribution in [0, 0.1) is 0 Å². The summed E-state index contributed by atoms with van der Waals surface area (Å²) in [4.78, 5) is 13.4. The van der Waals surface area contributed by atoms with E-state index in [9.17, 15) is 13.2 Å². The molecular weight excluding hydrogens is 412 g/mol. The maximum atomic E-state index is 12.9. The number of nitrogens with zero attached hydrogens (tertiary/aromatic N) is 1. The quantitative estimate of drug-likeness (QED) is 0.674. The number of rotatable bonds is 7. The third-order valence-corrected chi connectivity index (χ3v) is 6.85. The Morgan fingerprint density at radius 2 is 2.03 bits per heavy atom. The van der Waals surface area contributed by atoms with Gasteiger partial charge in [-0.1, -0.05) is 6.07 Å². The van der Waals surface area contributed by atoms with E-state index in [2.05, 4.69) is 5.32 Å². The molecule has 2 aromatic rings. The molecule has 0 atom stereocenters. The van der Waals surface area contributed by atoms with Crippen LogP contribution in [0.4, 0.5) is 5.69 Å². The van der Waals surface area contributed by atoms with Gasteiger partial charge in [-0.05, 0) is 49.6 Å². The minimum atomic E-state index is -3.68. The van der Waals surface area contributed by atoms with Crippen molar-refractivity contribution in [3.63, 3.8) is 0 Å². The molecule has 7 nitrogen and oxygen atoms in total. The molecule has 1 amide bonds. The van der Waals surface area contributed by atoms with E-state index in [-0.39, 0.29) is 16.9 Å². The highest BCUT2D eigenvalue weighted by atomic mass is 32.2. The van der Waals surface area contributed by atoms with Crippen LogP contribution in [0.2, 0.25) is 0 Å². The summed E-state index contributed by atoms with van der Waals surface area (Å²) in [5.74, 6) is 0.0479. The van der Waals surface area contributed by atoms with Crippen molar-refractivity contribution in [2.75, 3.05) is 31.6 Å². The lowest BCUT2D eigenvalue weighted by Gasteiger charge is -2.26. The Morgan fingerprint density at radius 3 is 2.69 bits per heavy atom. The number of hydrogen-bond donors (Lipinski definition) is 1. The molecule has 0 aliphatic carbocycles. The van der Waals surface area contributed by atoms with Gasteiger partial charge in [0.2, 0.25) is 15.9 Å². The smallest absolute Gasteiger partial charge is 0.248 e. The molecule has 1 aliphatic rings. The lowest BCUT2D eigenvalue weighted by Crippen LogP contribution is -2.40. The summed E-state index contributed by atoms with van der Waals surface area (Å²) in [7, 11) is -3.68. The van der Waals surface area contributed by atoms with Crippen LogP contribution in [0.15, 0.2) is 46.7 Å². The number of anilines is 1. The second kappa shape index (κ2) is 9.53. The van der Waals surface area contributed by atoms with Crippen LogP contribution < -0.4 is 10.1 Å². The Balaban J connectivity index is 1.86. The van der Waals surface area contributed by atoms with Crippen LogP contribution in [0.5, 0.6) is 5.75 Å². The standard InChI is InChI=1S/C20H24N2O5S2/c1-15(2)27-19-7-6-17(29(24,25)22-9-11-26-12-10-22)14-18(19)21-20(23)8-5-16-4-3-13-28-16/h3-8,13-15H,9-12H2,1-2H3,(H,21,23)/b8-5+. The first-order valence-electron chi connectivity index (χ1n) is 9.27. The number of carbonyl (C=O) groups excluding carboxylic acids is 1. The Morgan fingerprint density at radius 1 is 1.28 bits per heavy atom. The van der Waals surface area contributed by atoms with Crippen LogP contribution in [-0.2, 0) is 19.6 Å². The van der Waals surface area contributed by atoms with E-state index < -0.39 is 10.0 Å². The topological polar surface area (TPSA) is 84.9 Å². The van der Waals surface area contributed by atoms with E-state index in [4.69, 9.17) is 9.47 Å². The summed E-state index contributed by atoms with van der Waals surface area (Å²) < 4.78 is 38.3. The molecule has 1 fully saturated rings. The third kappa shape index (κ3) is 5.66. The molecule has 1 saturated heterocycles. The van der Waals surface area contributed by atoms with Crippen LogP contribution >= 0.6 is 11.3 Å². The predicted molar refractivity (Wildman–Crippen MR) is 114 cm³/mol. The highest BCUT2D eigenvalue weighted by Gasteiger charge is 2.27. The van der Waals surface area contributed by atoms with Gasteiger partial charge in [0.25, 0.3) is 0 Å². The third-order valence-electron chi connectivity index (χ3n) is 4.12. The summed E-state index contributed by atoms with van der Waals surface area (Å²) in [6, 6.07) is 8.32. The Hall–Kier alpha value is -2.20. The first-order valence-corrected chi connectivity index (χ1v) is 11.6. The number of sulfonamides is 1. The van der Waals surface area contributed by atoms with Gasteiger partial charge in [0, 0.05) is 24.0 Å². The zero-order valence-corrected chi connectivity index (χ0v) is 18.0. The molecule has 29 heavy (non-hydrogen) atoms. The number of nitrogens with one attached hydrogen (secondary N) is 1. The van der Waals surface area contributed by atoms with Crippen molar-refractivity contribution in [3.8, 4) is 5.75 Å². The van der Waals surface area contributed by atoms with Crippen molar-refractivity contribution in [1.82, 2.24) is 4.31 Å². The zero-order valence-electron chi connectivity index (χ0n) is 16.3. The monoisotopic (exact) mass is 436 g/mol. The van der Waals surface area contributed by atoms with Gasteiger partial charge in [0.1, 0.15) is 5.75 Å². The zero-order chi connectivity index (χ0) is 20.9. The summed E-state index contributed by atoms with van der Waals surface area (Å²) in [5.41, 5.74) is 0.314. The van der Waals surface area contributed by atoms with Gasteiger partial charge in [-0.25, -0.2) is 8.42 Å². The highest BCUT2D eigenvalue weighted by Crippen LogP contribution is 2.30. The molecule has 0 radical (unpaired) electrons. The second-order valence-electron chi connectivity index (χ2n) is 6.68. The average Bonchev–Trinajstić information content (AvgIpc) is 3.21. The highest BCUT2D eigenvalue weighted by molar-refractivity contribution is 7.89. The second-order valence-corrected chi connectivity index (χ2v) is 9.60. The van der Waals surface area contributed by atoms with Crippen molar-refractivity contribution >= 4 is 39.0 Å². The van der Waals surface area contributed by atoms with E-state index in [1.165, 1.54) is 33.9 Å². The molecule has 3 rings (SSSR count). The van der Waals surface area contributed by atoms with Crippen LogP contribution in [-0.4, -0.2) is 51.0 Å². The molecule has 9 heteroatoms. The van der Waals surface area contributed by atoms with Crippen LogP contribution in [0.25, 0.3) is 6.08 Å². The maximum Gasteiger partial charge on any atom is 0.248 e. The van der Waals surface area contributed by atoms with E-state index in [0.717, 1.165) is 4.88 Å². The summed E-state index contributed by atoms with van der Waals surface area (Å²) >= 11 is 1.52. The first kappa shape index (κ1) is 21.5. The molecule has 156 valence electrons. The van der Waals surface area contributed by atoms with Crippen molar-refractivity contribution < 1.29 is 22.7 Å². The number of carbonyl (C=O) groups is 1. The van der Waals surface area contributed by atoms with Crippen LogP contribution in [0.1, 0.15) is 18.7 Å². The number of amides is 1. The Labute approximate surface area is 175 Å². The van der Waals surface area contributed by atoms with Crippen LogP contribution in [0.3, 0.4) is 0 Å². The van der Waals surface area contributed by atoms with Gasteiger partial charge in [-0.15, -0.1) is 11.3 Å². The molecule has 1 aromatic heterocycles. The Bertz CT molecular complexity index is 963. The van der Waals surface area contributed by atoms with Gasteiger partial charge < -0.3 is 14.8 Å². The predicted octanol–water partition coefficient (Wildman–Crippen LogP) is 3.21. The van der Waals surface area contributed by atoms with Crippen molar-refractivity contribution in [1.29, 1.82) is 0 Å². The number of morpholine rings is 1. The molecule has 1 N–H and O–H groups in total. The minimum absolute atomic E-state index is 0.105. The molecule has 1 aliphatic heterocycles. The van der Waals surface area contributed by atoms with E-state index in [1.54, 1.807) is 12.1 Å². The molecule has 0 bridgehead atoms. The normalized spacial score (nSPS) is 15.7. The lowest BCUT2D eigenvalue weighted by molar-refractivity contribution is -0.111. The van der Waals surface area contributed by atoms with Crippen molar-refractivity contribution in [2.24, 2.45) is 0 Å². The van der Waals surface area contributed by atoms with Crippen molar-refractivity contribution in [2.45, 2.75) is 24.8 Å². The van der Waals surface area contributed by atoms with Gasteiger partial charge in [-0.3, -0.25) is 4.79 Å². The summed E-state index contributed by atoms with van der Waals surface area (Å²) in [5, 5.41) is 4.66. The average molecular weight is 437 g/mol. The number of thiophene rings is 1. The van der Waals surface area contributed by atoms with E-state index >= 15 is 0 Å². The fourth-order valence-corrected chi connectivity index (χ4v) is 4.83. The molecule has 0 saturated carbocycles. The largest absolute Gasteiger partial charge is 0.489 e. The maximum absolute atomic E-state index is 12.9. The van der Waals surface area contributed by atoms with Crippen molar-refractivity contribution in [3.05, 3.63) is 46.7 Å². The fourth-order valence-electron chi connectivity index (χ4n) is 2.78. The Kier molecular flexibility index (Phi) is 7.07. The van der Waals surface area contributed by atoms with Gasteiger partial charge in [0.15, 0.2) is 0 Å². The SMILES string of the molecule is CC(C)Oc1ccc(S(=O)(=O)N2CCOCC2)cc1NC(=O)/C=C/c1cccs1. The lowest BCUT2D eigenvalue weighted by atomic mass is 10.2. The summed E-state index contributed by atoms with van der Waals surface area (Å²) in [6.07, 6.45) is 2.99. The van der Waals surface area contributed by atoms with E-state index in [1.807, 2.05) is 31.4 Å². The molecule has 2 heterocycles. The first-order chi connectivity index (χ1) is 13.9. The van der Waals surface area contributed by atoms with Gasteiger partial charge in [0.05, 0.1) is 29.9 Å². The number of ether oxygens (including phenoxy) is 2. The number of hydrogen-bond acceptors (Lipinski definition) is 6. The minimum Gasteiger partial charge on any atom is -0.489 e. The molecule has 1 aromatic carbocycles. The summed E-state index contributed by atoms with van der Waals surface area (Å²) in [6.45, 7) is 5.06. The fraction of sp³-hybridized carbons (Fsp3) is 0.350.